The molecule has 2 aliphatic rings. The maximum atomic E-state index is 13.9. The number of carbonyl (C=O) groups is 4. The SMILES string of the molecule is CCOC(=O)C1CCCN(S(=O)(=O)c2cccc(C(=O)Cc3sc4c(c3C(=O)Nc3ccc(CCc5ccc(C(=O)OC)cc5)cc3)CCCC4)c2)C1. The van der Waals surface area contributed by atoms with E-state index in [9.17, 15) is 27.6 Å². The van der Waals surface area contributed by atoms with Crippen molar-refractivity contribution in [3.63, 3.8) is 0 Å². The Labute approximate surface area is 314 Å². The van der Waals surface area contributed by atoms with Crippen molar-refractivity contribution in [3.05, 3.63) is 116 Å². The molecule has 1 fully saturated rings. The Morgan fingerprint density at radius 3 is 2.28 bits per heavy atom. The van der Waals surface area contributed by atoms with Gasteiger partial charge in [0, 0.05) is 40.5 Å². The minimum absolute atomic E-state index is 0.00350. The summed E-state index contributed by atoms with van der Waals surface area (Å²) in [5.41, 5.74) is 5.14. The van der Waals surface area contributed by atoms with E-state index >= 15 is 0 Å². The topological polar surface area (TPSA) is 136 Å². The second-order valence-electron chi connectivity index (χ2n) is 13.4. The van der Waals surface area contributed by atoms with Gasteiger partial charge in [0.25, 0.3) is 5.91 Å². The van der Waals surface area contributed by atoms with Crippen LogP contribution in [0.4, 0.5) is 5.69 Å². The predicted molar refractivity (Wildman–Crippen MR) is 203 cm³/mol. The third-order valence-corrected chi connectivity index (χ3v) is 13.0. The van der Waals surface area contributed by atoms with Crippen molar-refractivity contribution in [2.24, 2.45) is 5.92 Å². The number of ketones is 1. The Hall–Kier alpha value is -4.65. The minimum atomic E-state index is -3.96. The highest BCUT2D eigenvalue weighted by Crippen LogP contribution is 2.36. The number of anilines is 1. The molecule has 4 aromatic rings. The van der Waals surface area contributed by atoms with E-state index in [0.29, 0.717) is 34.5 Å². The molecular weight excluding hydrogens is 713 g/mol. The van der Waals surface area contributed by atoms with Crippen LogP contribution >= 0.6 is 11.3 Å². The molecule has 1 saturated heterocycles. The molecule has 0 bridgehead atoms. The molecule has 2 heterocycles. The molecule has 1 aliphatic heterocycles. The number of thiophene rings is 1. The number of carbonyl (C=O) groups excluding carboxylic acids is 4. The Balaban J connectivity index is 1.14. The summed E-state index contributed by atoms with van der Waals surface area (Å²) in [7, 11) is -2.60. The van der Waals surface area contributed by atoms with Gasteiger partial charge in [-0.25, -0.2) is 13.2 Å². The Bertz CT molecular complexity index is 2090. The van der Waals surface area contributed by atoms with Gasteiger partial charge in [0.1, 0.15) is 0 Å². The van der Waals surface area contributed by atoms with Crippen LogP contribution in [-0.2, 0) is 56.4 Å². The summed E-state index contributed by atoms with van der Waals surface area (Å²) in [4.78, 5) is 53.5. The van der Waals surface area contributed by atoms with Crippen LogP contribution in [0.5, 0.6) is 0 Å². The fraction of sp³-hybridized carbons (Fsp3) is 0.366. The summed E-state index contributed by atoms with van der Waals surface area (Å²) < 4.78 is 38.5. The molecule has 278 valence electrons. The molecule has 3 aromatic carbocycles. The number of nitrogens with one attached hydrogen (secondary N) is 1. The predicted octanol–water partition coefficient (Wildman–Crippen LogP) is 6.84. The van der Waals surface area contributed by atoms with Gasteiger partial charge in [-0.15, -0.1) is 11.3 Å². The van der Waals surface area contributed by atoms with Gasteiger partial charge in [0.15, 0.2) is 5.78 Å². The zero-order valence-corrected chi connectivity index (χ0v) is 31.7. The molecule has 1 N–H and O–H groups in total. The standard InChI is InChI=1S/C41H44N2O8S2/c1-3-51-41(47)31-9-7-23-43(26-31)53(48,49)33-10-6-8-30(24-33)35(44)25-37-38(34-11-4-5-12-36(34)52-37)39(45)42-32-21-17-28(18-22-32)14-13-27-15-19-29(20-16-27)40(46)50-2/h6,8,10,15-22,24,31H,3-5,7,9,11-14,23,25-26H2,1-2H3,(H,42,45). The highest BCUT2D eigenvalue weighted by Gasteiger charge is 2.34. The number of hydrogen-bond acceptors (Lipinski definition) is 9. The molecule has 6 rings (SSSR count). The van der Waals surface area contributed by atoms with Gasteiger partial charge in [-0.05, 0) is 111 Å². The molecule has 10 nitrogen and oxygen atoms in total. The zero-order valence-electron chi connectivity index (χ0n) is 30.0. The van der Waals surface area contributed by atoms with Crippen LogP contribution in [0.1, 0.15) is 90.1 Å². The largest absolute Gasteiger partial charge is 0.466 e. The number of Topliss-reactive ketones (excluding diaryl/α,β-unsaturated/α-hetero) is 1. The molecule has 1 aliphatic carbocycles. The highest BCUT2D eigenvalue weighted by molar-refractivity contribution is 7.89. The molecule has 1 aromatic heterocycles. The van der Waals surface area contributed by atoms with Gasteiger partial charge in [-0.3, -0.25) is 14.4 Å². The molecule has 0 spiro atoms. The van der Waals surface area contributed by atoms with Gasteiger partial charge in [0.2, 0.25) is 10.0 Å². The summed E-state index contributed by atoms with van der Waals surface area (Å²) >= 11 is 1.50. The first kappa shape index (κ1) is 38.1. The number of nitrogens with zero attached hydrogens (tertiary/aromatic N) is 1. The van der Waals surface area contributed by atoms with Crippen molar-refractivity contribution in [1.29, 1.82) is 0 Å². The van der Waals surface area contributed by atoms with Crippen LogP contribution in [-0.4, -0.2) is 63.2 Å². The quantitative estimate of drug-likeness (QED) is 0.116. The fourth-order valence-corrected chi connectivity index (χ4v) is 9.98. The average molecular weight is 757 g/mol. The molecule has 1 amide bonds. The van der Waals surface area contributed by atoms with E-state index in [0.717, 1.165) is 60.1 Å². The molecular formula is C41H44N2O8S2. The van der Waals surface area contributed by atoms with Crippen molar-refractivity contribution < 1.29 is 37.1 Å². The first-order valence-corrected chi connectivity index (χ1v) is 20.3. The Morgan fingerprint density at radius 1 is 0.887 bits per heavy atom. The van der Waals surface area contributed by atoms with Crippen LogP contribution in [0.15, 0.2) is 77.7 Å². The average Bonchev–Trinajstić information content (AvgIpc) is 3.55. The lowest BCUT2D eigenvalue weighted by molar-refractivity contribution is -0.149. The van der Waals surface area contributed by atoms with Crippen molar-refractivity contribution in [2.75, 3.05) is 32.1 Å². The van der Waals surface area contributed by atoms with E-state index in [4.69, 9.17) is 9.47 Å². The lowest BCUT2D eigenvalue weighted by atomic mass is 9.93. The number of amides is 1. The normalized spacial score (nSPS) is 16.0. The second kappa shape index (κ2) is 17.0. The number of benzene rings is 3. The fourth-order valence-electron chi connectivity index (χ4n) is 7.01. The molecule has 1 unspecified atom stereocenters. The lowest BCUT2D eigenvalue weighted by Crippen LogP contribution is -2.42. The number of sulfonamides is 1. The van der Waals surface area contributed by atoms with Crippen LogP contribution in [0.25, 0.3) is 0 Å². The van der Waals surface area contributed by atoms with Gasteiger partial charge in [0.05, 0.1) is 35.7 Å². The molecule has 53 heavy (non-hydrogen) atoms. The number of piperidine rings is 1. The van der Waals surface area contributed by atoms with Gasteiger partial charge in [-0.2, -0.15) is 4.31 Å². The van der Waals surface area contributed by atoms with E-state index in [-0.39, 0.29) is 54.2 Å². The third-order valence-electron chi connectivity index (χ3n) is 9.88. The monoisotopic (exact) mass is 756 g/mol. The second-order valence-corrected chi connectivity index (χ2v) is 16.6. The molecule has 12 heteroatoms. The first-order valence-electron chi connectivity index (χ1n) is 18.1. The number of aryl methyl sites for hydroxylation is 3. The van der Waals surface area contributed by atoms with Crippen LogP contribution < -0.4 is 5.32 Å². The van der Waals surface area contributed by atoms with E-state index in [2.05, 4.69) is 5.32 Å². The molecule has 0 radical (unpaired) electrons. The van der Waals surface area contributed by atoms with E-state index < -0.39 is 21.9 Å². The number of rotatable bonds is 13. The smallest absolute Gasteiger partial charge is 0.337 e. The lowest BCUT2D eigenvalue weighted by Gasteiger charge is -2.30. The summed E-state index contributed by atoms with van der Waals surface area (Å²) in [6.07, 6.45) is 6.24. The van der Waals surface area contributed by atoms with Crippen molar-refractivity contribution in [3.8, 4) is 0 Å². The number of hydrogen-bond donors (Lipinski definition) is 1. The van der Waals surface area contributed by atoms with Gasteiger partial charge in [-0.1, -0.05) is 36.4 Å². The van der Waals surface area contributed by atoms with Crippen LogP contribution in [0, 0.1) is 5.92 Å². The van der Waals surface area contributed by atoms with Crippen molar-refractivity contribution >= 4 is 50.7 Å². The molecule has 1 atom stereocenters. The summed E-state index contributed by atoms with van der Waals surface area (Å²) in [6, 6.07) is 21.1. The van der Waals surface area contributed by atoms with Crippen molar-refractivity contribution in [1.82, 2.24) is 4.31 Å². The van der Waals surface area contributed by atoms with E-state index in [1.54, 1.807) is 31.2 Å². The summed E-state index contributed by atoms with van der Waals surface area (Å²) in [5, 5.41) is 3.05. The third kappa shape index (κ3) is 8.94. The van der Waals surface area contributed by atoms with Gasteiger partial charge < -0.3 is 14.8 Å². The maximum absolute atomic E-state index is 13.9. The van der Waals surface area contributed by atoms with E-state index in [1.807, 2.05) is 36.4 Å². The number of esters is 2. The number of ether oxygens (including phenoxy) is 2. The number of fused-ring (bicyclic) bond motifs is 1. The van der Waals surface area contributed by atoms with Crippen LogP contribution in [0.3, 0.4) is 0 Å². The Kier molecular flexibility index (Phi) is 12.2. The van der Waals surface area contributed by atoms with Crippen LogP contribution in [0.2, 0.25) is 0 Å². The van der Waals surface area contributed by atoms with Crippen molar-refractivity contribution in [2.45, 2.75) is 69.6 Å². The number of methoxy groups -OCH3 is 1. The minimum Gasteiger partial charge on any atom is -0.466 e. The highest BCUT2D eigenvalue weighted by atomic mass is 32.2. The maximum Gasteiger partial charge on any atom is 0.337 e. The summed E-state index contributed by atoms with van der Waals surface area (Å²) in [5.74, 6) is -1.83. The molecule has 0 saturated carbocycles. The Morgan fingerprint density at radius 2 is 1.58 bits per heavy atom. The zero-order chi connectivity index (χ0) is 37.5. The first-order chi connectivity index (χ1) is 25.6. The summed E-state index contributed by atoms with van der Waals surface area (Å²) in [6.45, 7) is 2.27. The van der Waals surface area contributed by atoms with E-state index in [1.165, 1.54) is 34.9 Å². The van der Waals surface area contributed by atoms with Gasteiger partial charge >= 0.3 is 11.9 Å².